The predicted octanol–water partition coefficient (Wildman–Crippen LogP) is 3.88. The maximum absolute atomic E-state index is 8.23. The molecule has 0 radical (unpaired) electrons. The summed E-state index contributed by atoms with van der Waals surface area (Å²) in [6.45, 7) is -2.17. The first kappa shape index (κ1) is 9.38. The number of aryl methyl sites for hydroxylation is 4. The van der Waals surface area contributed by atoms with E-state index in [1.54, 1.807) is 12.1 Å². The Morgan fingerprint density at radius 3 is 3.08 bits per heavy atom. The van der Waals surface area contributed by atoms with Crippen LogP contribution in [0.15, 0.2) is 36.5 Å². The second-order valence-corrected chi connectivity index (χ2v) is 6.50. The van der Waals surface area contributed by atoms with E-state index in [0.29, 0.717) is 24.1 Å². The summed E-state index contributed by atoms with van der Waals surface area (Å²) in [5, 5.41) is 0.970. The van der Waals surface area contributed by atoms with E-state index in [1.165, 1.54) is 18.0 Å². The SMILES string of the molecule is [2H]c1cc(C([2H])([2H])[2H])ncc1CCn1c2c(c3cc(C([2H])([2H])[2H])ccc31)CN(C)CC2. The third kappa shape index (κ3) is 2.73. The van der Waals surface area contributed by atoms with Crippen molar-refractivity contribution in [1.29, 1.82) is 0 Å². The molecule has 24 heavy (non-hydrogen) atoms. The lowest BCUT2D eigenvalue weighted by atomic mass is 10.0. The zero-order chi connectivity index (χ0) is 22.6. The standard InChI is InChI=1S/C21H25N3/c1-15-4-7-20-18(12-15)19-14-23(3)10-9-21(19)24(20)11-8-17-6-5-16(2)22-13-17/h4-7,12-13H,8-11,14H2,1-3H3/i1D3,2D3,6D. The molecule has 1 aromatic carbocycles. The Balaban J connectivity index is 1.71. The van der Waals surface area contributed by atoms with Crippen LogP contribution in [0.1, 0.15) is 37.7 Å². The van der Waals surface area contributed by atoms with E-state index in [1.807, 2.05) is 6.07 Å². The molecule has 4 rings (SSSR count). The number of benzene rings is 1. The monoisotopic (exact) mass is 326 g/mol. The fraction of sp³-hybridized carbons (Fsp3) is 0.381. The molecule has 124 valence electrons. The topological polar surface area (TPSA) is 21.1 Å². The van der Waals surface area contributed by atoms with Gasteiger partial charge in [0.15, 0.2) is 0 Å². The van der Waals surface area contributed by atoms with E-state index in [9.17, 15) is 0 Å². The molecule has 0 saturated carbocycles. The molecule has 0 fully saturated rings. The summed E-state index contributed by atoms with van der Waals surface area (Å²) in [6.07, 6.45) is 2.90. The molecule has 0 N–H and O–H groups in total. The van der Waals surface area contributed by atoms with Crippen LogP contribution in [0.4, 0.5) is 0 Å². The summed E-state index contributed by atoms with van der Waals surface area (Å²) >= 11 is 0. The van der Waals surface area contributed by atoms with Crippen molar-refractivity contribution in [3.8, 4) is 0 Å². The van der Waals surface area contributed by atoms with Gasteiger partial charge < -0.3 is 9.47 Å². The van der Waals surface area contributed by atoms with Crippen LogP contribution in [0.5, 0.6) is 0 Å². The van der Waals surface area contributed by atoms with Crippen molar-refractivity contribution < 1.29 is 9.60 Å². The van der Waals surface area contributed by atoms with Gasteiger partial charge in [-0.3, -0.25) is 4.98 Å². The highest BCUT2D eigenvalue weighted by molar-refractivity contribution is 5.86. The van der Waals surface area contributed by atoms with E-state index in [2.05, 4.69) is 21.5 Å². The largest absolute Gasteiger partial charge is 0.344 e. The van der Waals surface area contributed by atoms with Crippen LogP contribution in [-0.4, -0.2) is 28.0 Å². The van der Waals surface area contributed by atoms with Crippen LogP contribution in [0.2, 0.25) is 0 Å². The lowest BCUT2D eigenvalue weighted by Crippen LogP contribution is -2.27. The lowest BCUT2D eigenvalue weighted by molar-refractivity contribution is 0.309. The Labute approximate surface area is 153 Å². The van der Waals surface area contributed by atoms with Gasteiger partial charge in [0.1, 0.15) is 0 Å². The average Bonchev–Trinajstić information content (AvgIpc) is 2.98. The molecule has 0 aliphatic carbocycles. The molecule has 0 saturated heterocycles. The van der Waals surface area contributed by atoms with Gasteiger partial charge in [-0.1, -0.05) is 17.7 Å². The maximum Gasteiger partial charge on any atom is 0.0627 e. The first-order valence-electron chi connectivity index (χ1n) is 11.7. The van der Waals surface area contributed by atoms with E-state index < -0.39 is 13.7 Å². The molecule has 3 heteroatoms. The zero-order valence-corrected chi connectivity index (χ0v) is 13.8. The second-order valence-electron chi connectivity index (χ2n) is 6.50. The van der Waals surface area contributed by atoms with Crippen LogP contribution < -0.4 is 0 Å². The molecule has 3 nitrogen and oxygen atoms in total. The zero-order valence-electron chi connectivity index (χ0n) is 20.8. The quantitative estimate of drug-likeness (QED) is 0.728. The summed E-state index contributed by atoms with van der Waals surface area (Å²) in [6, 6.07) is 6.84. The molecule has 0 unspecified atom stereocenters. The molecule has 0 spiro atoms. The summed E-state index contributed by atoms with van der Waals surface area (Å²) in [5.74, 6) is 0. The van der Waals surface area contributed by atoms with Gasteiger partial charge in [0.2, 0.25) is 0 Å². The Bertz CT molecular complexity index is 1130. The van der Waals surface area contributed by atoms with Crippen molar-refractivity contribution in [2.24, 2.45) is 0 Å². The molecule has 2 aromatic heterocycles. The van der Waals surface area contributed by atoms with Gasteiger partial charge >= 0.3 is 0 Å². The van der Waals surface area contributed by atoms with Gasteiger partial charge in [-0.2, -0.15) is 0 Å². The van der Waals surface area contributed by atoms with Crippen molar-refractivity contribution in [2.45, 2.75) is 39.6 Å². The van der Waals surface area contributed by atoms with Crippen LogP contribution >= 0.6 is 0 Å². The molecule has 0 bridgehead atoms. The first-order valence-corrected chi connectivity index (χ1v) is 8.24. The third-order valence-corrected chi connectivity index (χ3v) is 4.80. The fourth-order valence-electron chi connectivity index (χ4n) is 3.59. The van der Waals surface area contributed by atoms with Crippen LogP contribution in [-0.2, 0) is 25.9 Å². The normalized spacial score (nSPS) is 20.3. The van der Waals surface area contributed by atoms with Gasteiger partial charge in [0.05, 0.1) is 1.37 Å². The fourth-order valence-corrected chi connectivity index (χ4v) is 3.59. The average molecular weight is 326 g/mol. The summed E-state index contributed by atoms with van der Waals surface area (Å²) < 4.78 is 56.1. The second kappa shape index (κ2) is 6.06. The summed E-state index contributed by atoms with van der Waals surface area (Å²) in [4.78, 5) is 6.28. The highest BCUT2D eigenvalue weighted by Crippen LogP contribution is 2.31. The molecule has 1 aliphatic rings. The van der Waals surface area contributed by atoms with Gasteiger partial charge in [-0.25, -0.2) is 0 Å². The van der Waals surface area contributed by atoms with Crippen molar-refractivity contribution in [1.82, 2.24) is 14.5 Å². The number of likely N-dealkylation sites (N-methyl/N-ethyl adjacent to an activating group) is 1. The lowest BCUT2D eigenvalue weighted by Gasteiger charge is -2.24. The molecular weight excluding hydrogens is 294 g/mol. The van der Waals surface area contributed by atoms with Gasteiger partial charge in [0, 0.05) is 62.8 Å². The van der Waals surface area contributed by atoms with Crippen molar-refractivity contribution in [3.63, 3.8) is 0 Å². The first-order chi connectivity index (χ1) is 14.4. The van der Waals surface area contributed by atoms with Crippen LogP contribution in [0, 0.1) is 13.7 Å². The Morgan fingerprint density at radius 1 is 1.29 bits per heavy atom. The van der Waals surface area contributed by atoms with Gasteiger partial charge in [-0.05, 0) is 56.5 Å². The Kier molecular flexibility index (Phi) is 2.37. The minimum absolute atomic E-state index is 0.0646. The van der Waals surface area contributed by atoms with E-state index in [0.717, 1.165) is 36.0 Å². The summed E-state index contributed by atoms with van der Waals surface area (Å²) in [7, 11) is 2.06. The number of rotatable bonds is 3. The van der Waals surface area contributed by atoms with Crippen molar-refractivity contribution >= 4 is 10.9 Å². The smallest absolute Gasteiger partial charge is 0.0627 e. The molecule has 0 amide bonds. The third-order valence-electron chi connectivity index (χ3n) is 4.80. The van der Waals surface area contributed by atoms with Gasteiger partial charge in [-0.15, -0.1) is 0 Å². The maximum atomic E-state index is 8.23. The number of nitrogens with zero attached hydrogens (tertiary/aromatic N) is 3. The van der Waals surface area contributed by atoms with Gasteiger partial charge in [0.25, 0.3) is 0 Å². The Hall–Kier alpha value is -2.13. The highest BCUT2D eigenvalue weighted by Gasteiger charge is 2.22. The van der Waals surface area contributed by atoms with Crippen LogP contribution in [0.3, 0.4) is 0 Å². The molecule has 0 atom stereocenters. The molecule has 3 aromatic rings. The summed E-state index contributed by atoms with van der Waals surface area (Å²) in [5.41, 5.74) is 4.32. The predicted molar refractivity (Wildman–Crippen MR) is 99.4 cm³/mol. The van der Waals surface area contributed by atoms with E-state index in [-0.39, 0.29) is 11.7 Å². The van der Waals surface area contributed by atoms with E-state index >= 15 is 0 Å². The number of hydrogen-bond donors (Lipinski definition) is 0. The minimum atomic E-state index is -2.32. The van der Waals surface area contributed by atoms with Crippen LogP contribution in [0.25, 0.3) is 10.9 Å². The molecule has 3 heterocycles. The number of fused-ring (bicyclic) bond motifs is 3. The number of pyridine rings is 1. The van der Waals surface area contributed by atoms with E-state index in [4.69, 9.17) is 9.60 Å². The Morgan fingerprint density at radius 2 is 2.25 bits per heavy atom. The number of hydrogen-bond acceptors (Lipinski definition) is 2. The molecular formula is C21H25N3. The molecule has 1 aliphatic heterocycles. The minimum Gasteiger partial charge on any atom is -0.344 e. The highest BCUT2D eigenvalue weighted by atomic mass is 15.1. The van der Waals surface area contributed by atoms with Crippen molar-refractivity contribution in [2.75, 3.05) is 13.6 Å². The number of aromatic nitrogens is 2. The van der Waals surface area contributed by atoms with Crippen molar-refractivity contribution in [3.05, 3.63) is 64.6 Å².